The van der Waals surface area contributed by atoms with Crippen LogP contribution in [0.2, 0.25) is 0 Å². The predicted octanol–water partition coefficient (Wildman–Crippen LogP) is 12.1. The first kappa shape index (κ1) is 37.9. The Kier molecular flexibility index (Phi) is 10.0. The second kappa shape index (κ2) is 15.9. The molecule has 0 bridgehead atoms. The Labute approximate surface area is 355 Å². The van der Waals surface area contributed by atoms with Crippen molar-refractivity contribution in [2.45, 2.75) is 13.2 Å². The zero-order valence-corrected chi connectivity index (χ0v) is 33.9. The third kappa shape index (κ3) is 6.98. The lowest BCUT2D eigenvalue weighted by atomic mass is 10.2. The number of aliphatic imine (C=N–C) groups is 2. The van der Waals surface area contributed by atoms with Crippen LogP contribution in [-0.2, 0) is 22.7 Å². The van der Waals surface area contributed by atoms with Gasteiger partial charge in [-0.05, 0) is 59.7 Å². The summed E-state index contributed by atoms with van der Waals surface area (Å²) in [5.74, 6) is 0. The minimum absolute atomic E-state index is 0.0473. The Bertz CT molecular complexity index is 3170. The number of nitriles is 4. The number of carbonyl (C=O) groups excluding carboxylic acids is 2. The Morgan fingerprint density at radius 1 is 0.500 bits per heavy atom. The molecule has 0 aliphatic carbocycles. The molecule has 0 unspecified atom stereocenters. The molecule has 0 spiro atoms. The summed E-state index contributed by atoms with van der Waals surface area (Å²) in [4.78, 5) is 40.1. The van der Waals surface area contributed by atoms with Crippen LogP contribution in [0.25, 0.3) is 61.7 Å². The highest BCUT2D eigenvalue weighted by Crippen LogP contribution is 2.48. The molecular weight excluding hydrogens is 833 g/mol. The number of carbonyl (C=O) groups is 2. The van der Waals surface area contributed by atoms with E-state index in [1.54, 1.807) is 45.5 Å². The summed E-state index contributed by atoms with van der Waals surface area (Å²) in [5, 5.41) is 39.4. The van der Waals surface area contributed by atoms with Crippen molar-refractivity contribution in [3.63, 3.8) is 0 Å². The SMILES string of the molecule is N#CC(C#N)=Nc1ccc(-c2cc3c(s2)c2cc4c(cc2n3C(=O)OCc2ccccc2)c2sc(-c3ccc(N=C(C#N)C#N)s3)cc2n4C(=O)OCc2ccccc2)s1. The second-order valence-corrected chi connectivity index (χ2v) is 17.2. The molecule has 0 radical (unpaired) electrons. The van der Waals surface area contributed by atoms with Gasteiger partial charge in [0, 0.05) is 30.3 Å². The lowest BCUT2D eigenvalue weighted by Crippen LogP contribution is -2.14. The number of benzene rings is 3. The summed E-state index contributed by atoms with van der Waals surface area (Å²) < 4.78 is 16.5. The maximum Gasteiger partial charge on any atom is 0.419 e. The van der Waals surface area contributed by atoms with Gasteiger partial charge in [0.15, 0.2) is 0 Å². The number of hydrogen-bond donors (Lipinski definition) is 0. The number of aromatic nitrogens is 2. The molecule has 12 nitrogen and oxygen atoms in total. The van der Waals surface area contributed by atoms with Crippen LogP contribution < -0.4 is 0 Å². The average Bonchev–Trinajstić information content (AvgIpc) is 4.14. The van der Waals surface area contributed by atoms with Crippen LogP contribution in [0.15, 0.2) is 119 Å². The average molecular weight is 855 g/mol. The van der Waals surface area contributed by atoms with Crippen LogP contribution in [-0.4, -0.2) is 32.7 Å². The molecule has 0 saturated heterocycles. The number of thiophene rings is 4. The first-order valence-electron chi connectivity index (χ1n) is 17.8. The largest absolute Gasteiger partial charge is 0.444 e. The van der Waals surface area contributed by atoms with Crippen molar-refractivity contribution in [3.05, 3.63) is 120 Å². The molecule has 286 valence electrons. The van der Waals surface area contributed by atoms with E-state index in [1.165, 1.54) is 45.3 Å². The van der Waals surface area contributed by atoms with Crippen LogP contribution in [0, 0.1) is 45.3 Å². The third-order valence-corrected chi connectivity index (χ3v) is 14.0. The fourth-order valence-electron chi connectivity index (χ4n) is 6.67. The van der Waals surface area contributed by atoms with E-state index in [9.17, 15) is 30.6 Å². The Morgan fingerprint density at radius 2 is 0.900 bits per heavy atom. The number of ether oxygens (including phenoxy) is 2. The highest BCUT2D eigenvalue weighted by Gasteiger charge is 2.27. The van der Waals surface area contributed by atoms with Gasteiger partial charge in [-0.1, -0.05) is 60.7 Å². The number of rotatable bonds is 8. The molecule has 0 saturated carbocycles. The van der Waals surface area contributed by atoms with Gasteiger partial charge in [0.2, 0.25) is 11.4 Å². The summed E-state index contributed by atoms with van der Waals surface area (Å²) in [5.41, 5.74) is 3.51. The third-order valence-electron chi connectivity index (χ3n) is 9.30. The van der Waals surface area contributed by atoms with E-state index < -0.39 is 12.2 Å². The Hall–Kier alpha value is -7.70. The summed E-state index contributed by atoms with van der Waals surface area (Å²) in [6, 6.07) is 40.8. The van der Waals surface area contributed by atoms with Gasteiger partial charge >= 0.3 is 12.2 Å². The van der Waals surface area contributed by atoms with Crippen molar-refractivity contribution in [1.29, 1.82) is 21.0 Å². The molecule has 9 rings (SSSR count). The molecular formula is C44H22N8O4S4. The van der Waals surface area contributed by atoms with Crippen molar-refractivity contribution < 1.29 is 19.1 Å². The van der Waals surface area contributed by atoms with Gasteiger partial charge in [-0.25, -0.2) is 28.7 Å². The molecule has 60 heavy (non-hydrogen) atoms. The highest BCUT2D eigenvalue weighted by atomic mass is 32.1. The normalized spacial score (nSPS) is 10.9. The van der Waals surface area contributed by atoms with Gasteiger partial charge in [-0.2, -0.15) is 21.0 Å². The second-order valence-electron chi connectivity index (χ2n) is 12.9. The maximum absolute atomic E-state index is 14.2. The number of fused-ring (bicyclic) bond motifs is 6. The zero-order chi connectivity index (χ0) is 41.3. The topological polar surface area (TPSA) is 182 Å². The lowest BCUT2D eigenvalue weighted by Gasteiger charge is -2.09. The van der Waals surface area contributed by atoms with Gasteiger partial charge in [-0.15, -0.1) is 45.3 Å². The lowest BCUT2D eigenvalue weighted by molar-refractivity contribution is 0.142. The molecule has 6 heterocycles. The predicted molar refractivity (Wildman–Crippen MR) is 236 cm³/mol. The summed E-state index contributed by atoms with van der Waals surface area (Å²) in [6.07, 6.45) is -1.17. The van der Waals surface area contributed by atoms with Gasteiger partial charge in [-0.3, -0.25) is 0 Å². The van der Waals surface area contributed by atoms with E-state index in [2.05, 4.69) is 9.98 Å². The van der Waals surface area contributed by atoms with Gasteiger partial charge < -0.3 is 9.47 Å². The van der Waals surface area contributed by atoms with Crippen LogP contribution in [0.5, 0.6) is 0 Å². The van der Waals surface area contributed by atoms with E-state index in [0.717, 1.165) is 40.0 Å². The minimum Gasteiger partial charge on any atom is -0.444 e. The van der Waals surface area contributed by atoms with E-state index in [1.807, 2.05) is 97.1 Å². The van der Waals surface area contributed by atoms with E-state index in [4.69, 9.17) is 9.47 Å². The van der Waals surface area contributed by atoms with Gasteiger partial charge in [0.1, 0.15) is 47.5 Å². The van der Waals surface area contributed by atoms with E-state index in [0.29, 0.717) is 42.8 Å². The van der Waals surface area contributed by atoms with Crippen molar-refractivity contribution in [3.8, 4) is 43.8 Å². The summed E-state index contributed by atoms with van der Waals surface area (Å²) in [7, 11) is 0. The number of hydrogen-bond acceptors (Lipinski definition) is 14. The molecule has 0 aliphatic heterocycles. The van der Waals surface area contributed by atoms with Crippen molar-refractivity contribution in [2.24, 2.45) is 9.98 Å². The first-order chi connectivity index (χ1) is 29.3. The van der Waals surface area contributed by atoms with Crippen LogP contribution in [0.1, 0.15) is 11.1 Å². The molecule has 0 atom stereocenters. The van der Waals surface area contributed by atoms with Crippen molar-refractivity contribution in [1.82, 2.24) is 9.13 Å². The Morgan fingerprint density at radius 3 is 1.28 bits per heavy atom. The summed E-state index contributed by atoms with van der Waals surface area (Å²) in [6.45, 7) is 0.0947. The smallest absolute Gasteiger partial charge is 0.419 e. The molecule has 0 aliphatic rings. The standard InChI is InChI=1S/C44H22N8O4S4/c45-19-27(20-46)49-39-13-11-35(57-39)37-17-33-41(59-37)29-16-32-30(15-31(29)51(33)43(53)55-23-25-7-3-1-4-8-25)42-34(52(32)44(54)56-24-26-9-5-2-6-10-26)18-38(60-42)36-12-14-40(58-36)50-28(21-47)22-48/h1-18H,23-24H2. The fraction of sp³-hybridized carbons (Fsp3) is 0.0455. The molecule has 9 aromatic rings. The first-order valence-corrected chi connectivity index (χ1v) is 21.1. The Balaban J connectivity index is 1.23. The molecule has 3 aromatic carbocycles. The van der Waals surface area contributed by atoms with Gasteiger partial charge in [0.25, 0.3) is 0 Å². The minimum atomic E-state index is -0.586. The fourth-order valence-corrected chi connectivity index (χ4v) is 10.9. The summed E-state index contributed by atoms with van der Waals surface area (Å²) >= 11 is 5.53. The number of nitrogens with zero attached hydrogens (tertiary/aromatic N) is 8. The van der Waals surface area contributed by atoms with Crippen LogP contribution in [0.3, 0.4) is 0 Å². The molecule has 6 aromatic heterocycles. The van der Waals surface area contributed by atoms with E-state index >= 15 is 0 Å². The molecule has 0 N–H and O–H groups in total. The molecule has 16 heteroatoms. The van der Waals surface area contributed by atoms with E-state index in [-0.39, 0.29) is 24.6 Å². The highest BCUT2D eigenvalue weighted by molar-refractivity contribution is 7.28. The molecule has 0 fully saturated rings. The van der Waals surface area contributed by atoms with Crippen LogP contribution in [0.4, 0.5) is 19.6 Å². The van der Waals surface area contributed by atoms with Gasteiger partial charge in [0.05, 0.1) is 31.5 Å². The van der Waals surface area contributed by atoms with Crippen molar-refractivity contribution in [2.75, 3.05) is 0 Å². The maximum atomic E-state index is 14.2. The van der Waals surface area contributed by atoms with Crippen molar-refractivity contribution >= 4 is 121 Å². The quantitative estimate of drug-likeness (QED) is 0.135. The van der Waals surface area contributed by atoms with Crippen LogP contribution >= 0.6 is 45.3 Å². The zero-order valence-electron chi connectivity index (χ0n) is 30.7. The molecule has 0 amide bonds. The monoisotopic (exact) mass is 854 g/mol.